The van der Waals surface area contributed by atoms with Crippen LogP contribution in [0.5, 0.6) is 0 Å². The maximum absolute atomic E-state index is 13.0. The van der Waals surface area contributed by atoms with Crippen molar-refractivity contribution in [3.05, 3.63) is 29.8 Å². The molecule has 0 fully saturated rings. The molecular formula is C12H15F2NO3S. The second-order valence-corrected chi connectivity index (χ2v) is 4.74. The van der Waals surface area contributed by atoms with Crippen molar-refractivity contribution in [2.45, 2.75) is 4.90 Å². The van der Waals surface area contributed by atoms with Crippen molar-refractivity contribution < 1.29 is 23.8 Å². The third-order valence-corrected chi connectivity index (χ3v) is 3.32. The fourth-order valence-corrected chi connectivity index (χ4v) is 2.23. The Morgan fingerprint density at radius 1 is 1.16 bits per heavy atom. The van der Waals surface area contributed by atoms with E-state index in [1.807, 2.05) is 0 Å². The smallest absolute Gasteiger partial charge is 0.233 e. The number of hydrogen-bond donors (Lipinski definition) is 2. The fourth-order valence-electron chi connectivity index (χ4n) is 1.41. The van der Waals surface area contributed by atoms with E-state index in [1.165, 1.54) is 11.0 Å². The van der Waals surface area contributed by atoms with Crippen LogP contribution < -0.4 is 0 Å². The molecule has 0 radical (unpaired) electrons. The van der Waals surface area contributed by atoms with Gasteiger partial charge in [0, 0.05) is 18.0 Å². The molecule has 0 aliphatic heterocycles. The molecule has 106 valence electrons. The van der Waals surface area contributed by atoms with E-state index in [1.54, 1.807) is 0 Å². The van der Waals surface area contributed by atoms with Gasteiger partial charge in [-0.15, -0.1) is 11.8 Å². The molecule has 2 N–H and O–H groups in total. The quantitative estimate of drug-likeness (QED) is 0.732. The second kappa shape index (κ2) is 8.08. The third kappa shape index (κ3) is 5.14. The van der Waals surface area contributed by atoms with Gasteiger partial charge in [-0.05, 0) is 18.2 Å². The normalized spacial score (nSPS) is 10.5. The molecule has 0 aliphatic carbocycles. The molecule has 19 heavy (non-hydrogen) atoms. The lowest BCUT2D eigenvalue weighted by Gasteiger charge is -2.20. The average molecular weight is 291 g/mol. The van der Waals surface area contributed by atoms with Crippen molar-refractivity contribution in [2.75, 3.05) is 32.1 Å². The van der Waals surface area contributed by atoms with Crippen LogP contribution in [-0.4, -0.2) is 53.1 Å². The summed E-state index contributed by atoms with van der Waals surface area (Å²) in [7, 11) is 0. The topological polar surface area (TPSA) is 60.8 Å². The minimum atomic E-state index is -0.958. The summed E-state index contributed by atoms with van der Waals surface area (Å²) in [5.74, 6) is -2.14. The van der Waals surface area contributed by atoms with E-state index in [0.29, 0.717) is 4.90 Å². The summed E-state index contributed by atoms with van der Waals surface area (Å²) in [6.45, 7) is -0.112. The standard InChI is InChI=1S/C12H15F2NO3S/c13-10-2-1-9(7-11(10)14)19-8-12(18)15(3-5-16)4-6-17/h1-2,7,16-17H,3-6,8H2. The molecule has 0 unspecified atom stereocenters. The molecule has 0 spiro atoms. The van der Waals surface area contributed by atoms with E-state index in [9.17, 15) is 13.6 Å². The van der Waals surface area contributed by atoms with Crippen LogP contribution in [-0.2, 0) is 4.79 Å². The van der Waals surface area contributed by atoms with Crippen molar-refractivity contribution in [1.82, 2.24) is 4.90 Å². The number of carbonyl (C=O) groups excluding carboxylic acids is 1. The summed E-state index contributed by atoms with van der Waals surface area (Å²) in [4.78, 5) is 13.5. The Bertz CT molecular complexity index is 425. The third-order valence-electron chi connectivity index (χ3n) is 2.35. The van der Waals surface area contributed by atoms with Gasteiger partial charge in [0.2, 0.25) is 5.91 Å². The van der Waals surface area contributed by atoms with Crippen molar-refractivity contribution in [1.29, 1.82) is 0 Å². The summed E-state index contributed by atoms with van der Waals surface area (Å²) < 4.78 is 25.7. The Morgan fingerprint density at radius 2 is 1.79 bits per heavy atom. The lowest BCUT2D eigenvalue weighted by molar-refractivity contribution is -0.129. The molecule has 1 aromatic rings. The van der Waals surface area contributed by atoms with Gasteiger partial charge in [0.1, 0.15) is 0 Å². The molecule has 0 saturated heterocycles. The number of nitrogens with zero attached hydrogens (tertiary/aromatic N) is 1. The first-order chi connectivity index (χ1) is 9.08. The largest absolute Gasteiger partial charge is 0.395 e. The Hall–Kier alpha value is -1.18. The molecule has 7 heteroatoms. The van der Waals surface area contributed by atoms with Gasteiger partial charge in [0.25, 0.3) is 0 Å². The number of amides is 1. The van der Waals surface area contributed by atoms with E-state index >= 15 is 0 Å². The summed E-state index contributed by atoms with van der Waals surface area (Å²) >= 11 is 1.07. The molecule has 0 aromatic heterocycles. The zero-order chi connectivity index (χ0) is 14.3. The first kappa shape index (κ1) is 15.9. The fraction of sp³-hybridized carbons (Fsp3) is 0.417. The van der Waals surface area contributed by atoms with Crippen LogP contribution in [0.1, 0.15) is 0 Å². The number of aliphatic hydroxyl groups excluding tert-OH is 2. The van der Waals surface area contributed by atoms with Crippen LogP contribution in [0.2, 0.25) is 0 Å². The number of halogens is 2. The van der Waals surface area contributed by atoms with Crippen molar-refractivity contribution >= 4 is 17.7 Å². The number of thioether (sulfide) groups is 1. The second-order valence-electron chi connectivity index (χ2n) is 3.69. The minimum Gasteiger partial charge on any atom is -0.395 e. The number of rotatable bonds is 7. The minimum absolute atomic E-state index is 0.0328. The highest BCUT2D eigenvalue weighted by atomic mass is 32.2. The van der Waals surface area contributed by atoms with E-state index in [-0.39, 0.29) is 38.0 Å². The molecule has 1 rings (SSSR count). The number of aliphatic hydroxyl groups is 2. The van der Waals surface area contributed by atoms with Gasteiger partial charge >= 0.3 is 0 Å². The SMILES string of the molecule is O=C(CSc1ccc(F)c(F)c1)N(CCO)CCO. The monoisotopic (exact) mass is 291 g/mol. The van der Waals surface area contributed by atoms with E-state index in [0.717, 1.165) is 23.9 Å². The van der Waals surface area contributed by atoms with E-state index < -0.39 is 11.6 Å². The summed E-state index contributed by atoms with van der Waals surface area (Å²) in [6, 6.07) is 3.41. The lowest BCUT2D eigenvalue weighted by Crippen LogP contribution is -2.37. The van der Waals surface area contributed by atoms with Crippen LogP contribution in [0.4, 0.5) is 8.78 Å². The average Bonchev–Trinajstić information content (AvgIpc) is 2.39. The van der Waals surface area contributed by atoms with Gasteiger partial charge in [-0.1, -0.05) is 0 Å². The Morgan fingerprint density at radius 3 is 2.32 bits per heavy atom. The maximum Gasteiger partial charge on any atom is 0.233 e. The van der Waals surface area contributed by atoms with Crippen molar-refractivity contribution in [2.24, 2.45) is 0 Å². The van der Waals surface area contributed by atoms with Gasteiger partial charge in [-0.25, -0.2) is 8.78 Å². The van der Waals surface area contributed by atoms with Crippen LogP contribution in [0.15, 0.2) is 23.1 Å². The van der Waals surface area contributed by atoms with Gasteiger partial charge in [0.05, 0.1) is 19.0 Å². The number of benzene rings is 1. The number of carbonyl (C=O) groups is 1. The summed E-state index contributed by atoms with van der Waals surface area (Å²) in [6.07, 6.45) is 0. The van der Waals surface area contributed by atoms with Crippen LogP contribution in [0.25, 0.3) is 0 Å². The first-order valence-corrected chi connectivity index (χ1v) is 6.64. The molecule has 0 aliphatic rings. The van der Waals surface area contributed by atoms with E-state index in [4.69, 9.17) is 10.2 Å². The molecule has 0 saturated carbocycles. The Labute approximate surface area is 114 Å². The van der Waals surface area contributed by atoms with Crippen LogP contribution in [0.3, 0.4) is 0 Å². The molecule has 0 heterocycles. The number of hydrogen-bond acceptors (Lipinski definition) is 4. The van der Waals surface area contributed by atoms with E-state index in [2.05, 4.69) is 0 Å². The molecule has 4 nitrogen and oxygen atoms in total. The molecule has 0 atom stereocenters. The summed E-state index contributed by atoms with van der Waals surface area (Å²) in [5, 5.41) is 17.6. The molecule has 1 aromatic carbocycles. The highest BCUT2D eigenvalue weighted by molar-refractivity contribution is 8.00. The predicted molar refractivity (Wildman–Crippen MR) is 67.8 cm³/mol. The van der Waals surface area contributed by atoms with Crippen LogP contribution in [0, 0.1) is 11.6 Å². The molecular weight excluding hydrogens is 276 g/mol. The highest BCUT2D eigenvalue weighted by Crippen LogP contribution is 2.20. The van der Waals surface area contributed by atoms with Gasteiger partial charge < -0.3 is 15.1 Å². The van der Waals surface area contributed by atoms with Crippen molar-refractivity contribution in [3.8, 4) is 0 Å². The zero-order valence-corrected chi connectivity index (χ0v) is 11.0. The predicted octanol–water partition coefficient (Wildman–Crippen LogP) is 0.870. The van der Waals surface area contributed by atoms with Crippen LogP contribution >= 0.6 is 11.8 Å². The maximum atomic E-state index is 13.0. The van der Waals surface area contributed by atoms with Gasteiger partial charge in [-0.2, -0.15) is 0 Å². The highest BCUT2D eigenvalue weighted by Gasteiger charge is 2.13. The molecule has 0 bridgehead atoms. The molecule has 1 amide bonds. The first-order valence-electron chi connectivity index (χ1n) is 5.65. The zero-order valence-electron chi connectivity index (χ0n) is 10.2. The van der Waals surface area contributed by atoms with Crippen molar-refractivity contribution in [3.63, 3.8) is 0 Å². The summed E-state index contributed by atoms with van der Waals surface area (Å²) in [5.41, 5.74) is 0. The van der Waals surface area contributed by atoms with Gasteiger partial charge in [0.15, 0.2) is 11.6 Å². The van der Waals surface area contributed by atoms with Gasteiger partial charge in [-0.3, -0.25) is 4.79 Å². The Kier molecular flexibility index (Phi) is 6.75. The lowest BCUT2D eigenvalue weighted by atomic mass is 10.3. The Balaban J connectivity index is 2.54.